The minimum absolute atomic E-state index is 0.374. The van der Waals surface area contributed by atoms with E-state index in [1.54, 1.807) is 9.00 Å². The Morgan fingerprint density at radius 2 is 0.395 bits per heavy atom. The molecular formula is C74H124S5Si2. The lowest BCUT2D eigenvalue weighted by Gasteiger charge is -2.36. The quantitative estimate of drug-likeness (QED) is 0.0402. The normalized spacial score (nSPS) is 17.2. The predicted molar refractivity (Wildman–Crippen MR) is 384 cm³/mol. The molecule has 0 aliphatic carbocycles. The van der Waals surface area contributed by atoms with Gasteiger partial charge in [0.25, 0.3) is 0 Å². The van der Waals surface area contributed by atoms with Crippen molar-refractivity contribution < 1.29 is 0 Å². The zero-order valence-electron chi connectivity index (χ0n) is 57.0. The summed E-state index contributed by atoms with van der Waals surface area (Å²) < 4.78 is 3.59. The first-order valence-corrected chi connectivity index (χ1v) is 42.0. The molecule has 0 aromatic carbocycles. The molecule has 5 heterocycles. The van der Waals surface area contributed by atoms with Gasteiger partial charge in [0.1, 0.15) is 0 Å². The van der Waals surface area contributed by atoms with Crippen LogP contribution in [0.25, 0.3) is 39.0 Å². The van der Waals surface area contributed by atoms with Crippen molar-refractivity contribution in [3.8, 4) is 39.0 Å². The summed E-state index contributed by atoms with van der Waals surface area (Å²) in [7, 11) is -3.68. The van der Waals surface area contributed by atoms with E-state index in [0.717, 1.165) is 35.5 Å². The van der Waals surface area contributed by atoms with Gasteiger partial charge in [-0.15, -0.1) is 56.7 Å². The van der Waals surface area contributed by atoms with Gasteiger partial charge in [-0.05, 0) is 164 Å². The third-order valence-electron chi connectivity index (χ3n) is 17.5. The first-order valence-electron chi connectivity index (χ1n) is 32.7. The van der Waals surface area contributed by atoms with E-state index in [9.17, 15) is 0 Å². The van der Waals surface area contributed by atoms with Crippen LogP contribution in [-0.4, -0.2) is 16.1 Å². The lowest BCUT2D eigenvalue weighted by molar-refractivity contribution is 0.296. The van der Waals surface area contributed by atoms with Crippen molar-refractivity contribution in [2.24, 2.45) is 68.0 Å². The largest absolute Gasteiger partial charge is 0.144 e. The van der Waals surface area contributed by atoms with E-state index < -0.39 is 16.1 Å². The standard InChI is InChI=1S/C74H124S5Si2/c1-53(47-69(7,8)9)35-41-80(42-36-54(2)48-70(10,11)12,43-37-55(3)49-71(13,14)15)67-33-31-65(78-67)63-29-27-61(76-63)59-25-26-60(75-59)62-28-30-64(77-62)66-32-34-68(79-66)81(44-38-56(4)50-72(16,17)18,45-39-57(5)51-73(19,20)21)46-40-58(6)52-74(22,23)24/h25-34,53-58H,35-52H2,1-24H3. The molecule has 0 saturated heterocycles. The van der Waals surface area contributed by atoms with E-state index in [-0.39, 0.29) is 0 Å². The molecule has 5 aromatic heterocycles. The first kappa shape index (κ1) is 70.7. The van der Waals surface area contributed by atoms with Gasteiger partial charge in [-0.3, -0.25) is 0 Å². The van der Waals surface area contributed by atoms with Gasteiger partial charge in [0, 0.05) is 39.0 Å². The highest BCUT2D eigenvalue weighted by Crippen LogP contribution is 2.47. The fourth-order valence-electron chi connectivity index (χ4n) is 14.8. The van der Waals surface area contributed by atoms with Crippen LogP contribution in [-0.2, 0) is 0 Å². The molecule has 0 aliphatic rings. The summed E-state index contributed by atoms with van der Waals surface area (Å²) in [5.41, 5.74) is 2.24. The van der Waals surface area contributed by atoms with Crippen LogP contribution < -0.4 is 9.00 Å². The van der Waals surface area contributed by atoms with Gasteiger partial charge < -0.3 is 0 Å². The van der Waals surface area contributed by atoms with E-state index >= 15 is 0 Å². The highest BCUT2D eigenvalue weighted by molar-refractivity contribution is 7.33. The van der Waals surface area contributed by atoms with Crippen molar-refractivity contribution in [3.63, 3.8) is 0 Å². The summed E-state index contributed by atoms with van der Waals surface area (Å²) in [6.45, 7) is 59.4. The Hall–Kier alpha value is -1.07. The van der Waals surface area contributed by atoms with Crippen LogP contribution in [0.4, 0.5) is 0 Å². The minimum Gasteiger partial charge on any atom is -0.144 e. The summed E-state index contributed by atoms with van der Waals surface area (Å²) in [6, 6.07) is 33.6. The van der Waals surface area contributed by atoms with Crippen molar-refractivity contribution in [2.45, 2.75) is 279 Å². The Morgan fingerprint density at radius 3 is 0.556 bits per heavy atom. The average Bonchev–Trinajstić information content (AvgIpc) is 4.38. The topological polar surface area (TPSA) is 0 Å². The van der Waals surface area contributed by atoms with Crippen molar-refractivity contribution in [1.29, 1.82) is 0 Å². The average molecular weight is 1230 g/mol. The lowest BCUT2D eigenvalue weighted by Crippen LogP contribution is -2.47. The Kier molecular flexibility index (Phi) is 25.6. The number of hydrogen-bond acceptors (Lipinski definition) is 5. The van der Waals surface area contributed by atoms with Crippen LogP contribution in [0.1, 0.15) is 243 Å². The van der Waals surface area contributed by atoms with E-state index in [1.807, 2.05) is 34.0 Å². The predicted octanol–water partition coefficient (Wildman–Crippen LogP) is 26.7. The Bertz CT molecular complexity index is 2290. The van der Waals surface area contributed by atoms with Gasteiger partial charge in [0.05, 0.1) is 16.1 Å². The molecule has 5 aromatic rings. The molecule has 7 heteroatoms. The van der Waals surface area contributed by atoms with Gasteiger partial charge in [-0.1, -0.05) is 253 Å². The van der Waals surface area contributed by atoms with Gasteiger partial charge in [0.15, 0.2) is 0 Å². The van der Waals surface area contributed by atoms with Crippen molar-refractivity contribution >= 4 is 81.8 Å². The summed E-state index contributed by atoms with van der Waals surface area (Å²) in [4.78, 5) is 11.5. The molecule has 81 heavy (non-hydrogen) atoms. The summed E-state index contributed by atoms with van der Waals surface area (Å²) >= 11 is 10.4. The SMILES string of the molecule is CC(CC[Si](CCC(C)CC(C)(C)C)(CCC(C)CC(C)(C)C)c1ccc(-c2ccc(-c3ccc(-c4ccc(-c5ccc([Si](CCC(C)CC(C)(C)C)(CCC(C)CC(C)(C)C)CCC(C)CC(C)(C)C)s5)s4)s3)s2)s1)CC(C)(C)C. The molecule has 5 rings (SSSR count). The van der Waals surface area contributed by atoms with Gasteiger partial charge in [0.2, 0.25) is 0 Å². The molecule has 6 atom stereocenters. The third kappa shape index (κ3) is 24.6. The molecule has 6 unspecified atom stereocenters. The molecular weight excluding hydrogens is 1110 g/mol. The van der Waals surface area contributed by atoms with Crippen LogP contribution >= 0.6 is 56.7 Å². The third-order valence-corrected chi connectivity index (χ3v) is 36.5. The molecule has 0 spiro atoms. The van der Waals surface area contributed by atoms with Crippen LogP contribution in [0.15, 0.2) is 60.7 Å². The summed E-state index contributed by atoms with van der Waals surface area (Å²) in [5, 5.41) is 0. The molecule has 0 N–H and O–H groups in total. The maximum Gasteiger partial charge on any atom is 0.0995 e. The minimum atomic E-state index is -1.84. The smallest absolute Gasteiger partial charge is 0.0995 e. The second kappa shape index (κ2) is 29.3. The fourth-order valence-corrected chi connectivity index (χ4v) is 34.1. The second-order valence-corrected chi connectivity index (χ2v) is 50.2. The molecule has 0 saturated carbocycles. The van der Waals surface area contributed by atoms with E-state index in [1.165, 1.54) is 152 Å². The Balaban J connectivity index is 1.43. The van der Waals surface area contributed by atoms with Crippen LogP contribution in [0.3, 0.4) is 0 Å². The Labute approximate surface area is 524 Å². The number of rotatable bonds is 30. The highest BCUT2D eigenvalue weighted by atomic mass is 32.1. The fraction of sp³-hybridized carbons (Fsp3) is 0.730. The first-order chi connectivity index (χ1) is 37.2. The number of hydrogen-bond donors (Lipinski definition) is 0. The maximum absolute atomic E-state index is 2.65. The molecule has 0 radical (unpaired) electrons. The summed E-state index contributed by atoms with van der Waals surface area (Å²) in [5.74, 6) is 4.55. The maximum atomic E-state index is 2.65. The molecule has 0 aliphatic heterocycles. The monoisotopic (exact) mass is 1230 g/mol. The highest BCUT2D eigenvalue weighted by Gasteiger charge is 2.40. The van der Waals surface area contributed by atoms with Crippen LogP contribution in [0, 0.1) is 68.0 Å². The van der Waals surface area contributed by atoms with Gasteiger partial charge in [-0.2, -0.15) is 0 Å². The zero-order valence-corrected chi connectivity index (χ0v) is 63.1. The molecule has 0 fully saturated rings. The summed E-state index contributed by atoms with van der Waals surface area (Å²) in [6.07, 6.45) is 16.1. The lowest BCUT2D eigenvalue weighted by atomic mass is 9.84. The van der Waals surface area contributed by atoms with Gasteiger partial charge in [-0.25, -0.2) is 0 Å². The zero-order chi connectivity index (χ0) is 60.6. The van der Waals surface area contributed by atoms with Gasteiger partial charge >= 0.3 is 0 Å². The molecule has 0 bridgehead atoms. The van der Waals surface area contributed by atoms with Crippen LogP contribution in [0.2, 0.25) is 36.3 Å². The van der Waals surface area contributed by atoms with Crippen molar-refractivity contribution in [3.05, 3.63) is 60.7 Å². The van der Waals surface area contributed by atoms with E-state index in [2.05, 4.69) is 250 Å². The molecule has 0 nitrogen and oxygen atoms in total. The number of thiophene rings is 5. The van der Waals surface area contributed by atoms with E-state index in [4.69, 9.17) is 0 Å². The molecule has 458 valence electrons. The van der Waals surface area contributed by atoms with Crippen molar-refractivity contribution in [2.75, 3.05) is 0 Å². The molecule has 0 amide bonds. The van der Waals surface area contributed by atoms with Crippen LogP contribution in [0.5, 0.6) is 0 Å². The Morgan fingerprint density at radius 1 is 0.247 bits per heavy atom. The van der Waals surface area contributed by atoms with E-state index in [0.29, 0.717) is 32.5 Å². The second-order valence-electron chi connectivity index (χ2n) is 34.8. The van der Waals surface area contributed by atoms with Crippen molar-refractivity contribution in [1.82, 2.24) is 0 Å².